The molecule has 0 saturated heterocycles. The maximum Gasteiger partial charge on any atom is 0.224 e. The molecule has 0 spiro atoms. The van der Waals surface area contributed by atoms with Gasteiger partial charge in [0.1, 0.15) is 0 Å². The van der Waals surface area contributed by atoms with Gasteiger partial charge in [0.25, 0.3) is 0 Å². The van der Waals surface area contributed by atoms with Crippen LogP contribution in [0.4, 0.5) is 0 Å². The van der Waals surface area contributed by atoms with Gasteiger partial charge in [0.2, 0.25) is 5.91 Å². The van der Waals surface area contributed by atoms with Gasteiger partial charge in [0, 0.05) is 11.0 Å². The molecule has 0 aliphatic rings. The molecule has 0 bridgehead atoms. The molecule has 4 heteroatoms. The number of amides is 1. The van der Waals surface area contributed by atoms with Crippen molar-refractivity contribution >= 4 is 21.8 Å². The molecule has 1 rings (SSSR count). The van der Waals surface area contributed by atoms with Gasteiger partial charge in [0.15, 0.2) is 0 Å². The van der Waals surface area contributed by atoms with Gasteiger partial charge in [-0.25, -0.2) is 0 Å². The summed E-state index contributed by atoms with van der Waals surface area (Å²) >= 11 is 3.35. The lowest BCUT2D eigenvalue weighted by molar-refractivity contribution is -0.120. The summed E-state index contributed by atoms with van der Waals surface area (Å²) in [5.74, 6) is 0.378. The Balaban J connectivity index is 2.31. The summed E-state index contributed by atoms with van der Waals surface area (Å²) in [6.07, 6.45) is 0.596. The smallest absolute Gasteiger partial charge is 0.224 e. The summed E-state index contributed by atoms with van der Waals surface area (Å²) in [6, 6.07) is 7.65. The van der Waals surface area contributed by atoms with Crippen molar-refractivity contribution in [1.82, 2.24) is 5.32 Å². The fourth-order valence-corrected chi connectivity index (χ4v) is 1.97. The van der Waals surface area contributed by atoms with E-state index in [0.29, 0.717) is 25.3 Å². The first-order valence-electron chi connectivity index (χ1n) is 6.16. The quantitative estimate of drug-likeness (QED) is 0.848. The molecular formula is C14H20BrNO2. The van der Waals surface area contributed by atoms with E-state index in [2.05, 4.69) is 21.2 Å². The molecule has 0 aliphatic heterocycles. The van der Waals surface area contributed by atoms with Gasteiger partial charge >= 0.3 is 0 Å². The van der Waals surface area contributed by atoms with Crippen molar-refractivity contribution in [2.24, 2.45) is 5.92 Å². The number of nitrogens with one attached hydrogen (secondary N) is 1. The summed E-state index contributed by atoms with van der Waals surface area (Å²) in [5, 5.41) is 12.4. The zero-order valence-corrected chi connectivity index (χ0v) is 12.4. The van der Waals surface area contributed by atoms with Crippen LogP contribution in [0.2, 0.25) is 0 Å². The third-order valence-corrected chi connectivity index (χ3v) is 3.08. The standard InChI is InChI=1S/C14H20BrNO2/c1-10(2)7-13(17)9-16-14(18)8-11-3-5-12(15)6-4-11/h3-6,10,13,17H,7-9H2,1-2H3,(H,16,18). The normalized spacial score (nSPS) is 12.5. The van der Waals surface area contributed by atoms with Crippen LogP contribution in [0.1, 0.15) is 25.8 Å². The Morgan fingerprint density at radius 1 is 1.33 bits per heavy atom. The van der Waals surface area contributed by atoms with E-state index in [1.807, 2.05) is 38.1 Å². The Labute approximate surface area is 117 Å². The number of carbonyl (C=O) groups is 1. The lowest BCUT2D eigenvalue weighted by Crippen LogP contribution is -2.33. The SMILES string of the molecule is CC(C)CC(O)CNC(=O)Cc1ccc(Br)cc1. The van der Waals surface area contributed by atoms with E-state index in [0.717, 1.165) is 10.0 Å². The number of rotatable bonds is 6. The molecule has 1 aromatic rings. The molecule has 0 heterocycles. The molecule has 1 aromatic carbocycles. The van der Waals surface area contributed by atoms with Crippen LogP contribution in [0.3, 0.4) is 0 Å². The summed E-state index contributed by atoms with van der Waals surface area (Å²) in [6.45, 7) is 4.42. The summed E-state index contributed by atoms with van der Waals surface area (Å²) < 4.78 is 0.999. The van der Waals surface area contributed by atoms with Crippen molar-refractivity contribution in [3.63, 3.8) is 0 Å². The van der Waals surface area contributed by atoms with Gasteiger partial charge in [-0.3, -0.25) is 4.79 Å². The number of carbonyl (C=O) groups excluding carboxylic acids is 1. The lowest BCUT2D eigenvalue weighted by atomic mass is 10.1. The van der Waals surface area contributed by atoms with E-state index in [1.54, 1.807) is 0 Å². The average Bonchev–Trinajstić information content (AvgIpc) is 2.29. The fraction of sp³-hybridized carbons (Fsp3) is 0.500. The van der Waals surface area contributed by atoms with E-state index < -0.39 is 6.10 Å². The number of aliphatic hydroxyl groups excluding tert-OH is 1. The number of halogens is 1. The second kappa shape index (κ2) is 7.54. The molecular weight excluding hydrogens is 294 g/mol. The fourth-order valence-electron chi connectivity index (χ4n) is 1.71. The van der Waals surface area contributed by atoms with E-state index in [9.17, 15) is 9.90 Å². The van der Waals surface area contributed by atoms with Gasteiger partial charge in [-0.1, -0.05) is 41.9 Å². The van der Waals surface area contributed by atoms with Crippen molar-refractivity contribution in [2.45, 2.75) is 32.8 Å². The Bertz CT molecular complexity index is 376. The number of aliphatic hydroxyl groups is 1. The Morgan fingerprint density at radius 2 is 1.94 bits per heavy atom. The van der Waals surface area contributed by atoms with E-state index in [1.165, 1.54) is 0 Å². The van der Waals surface area contributed by atoms with Gasteiger partial charge in [-0.05, 0) is 30.0 Å². The highest BCUT2D eigenvalue weighted by atomic mass is 79.9. The monoisotopic (exact) mass is 313 g/mol. The van der Waals surface area contributed by atoms with E-state index in [-0.39, 0.29) is 5.91 Å². The van der Waals surface area contributed by atoms with Crippen molar-refractivity contribution in [1.29, 1.82) is 0 Å². The maximum absolute atomic E-state index is 11.7. The molecule has 0 saturated carbocycles. The zero-order valence-electron chi connectivity index (χ0n) is 10.8. The molecule has 0 aromatic heterocycles. The Hall–Kier alpha value is -0.870. The van der Waals surface area contributed by atoms with Crippen LogP contribution >= 0.6 is 15.9 Å². The Kier molecular flexibility index (Phi) is 6.36. The van der Waals surface area contributed by atoms with Gasteiger partial charge in [-0.15, -0.1) is 0 Å². The highest BCUT2D eigenvalue weighted by Crippen LogP contribution is 2.10. The summed E-state index contributed by atoms with van der Waals surface area (Å²) in [5.41, 5.74) is 0.967. The molecule has 0 fully saturated rings. The molecule has 1 amide bonds. The minimum atomic E-state index is -0.459. The largest absolute Gasteiger partial charge is 0.391 e. The van der Waals surface area contributed by atoms with Crippen LogP contribution in [-0.4, -0.2) is 23.7 Å². The summed E-state index contributed by atoms with van der Waals surface area (Å²) in [4.78, 5) is 11.7. The van der Waals surface area contributed by atoms with Crippen molar-refractivity contribution in [3.8, 4) is 0 Å². The van der Waals surface area contributed by atoms with Crippen LogP contribution in [0.5, 0.6) is 0 Å². The van der Waals surface area contributed by atoms with Crippen molar-refractivity contribution < 1.29 is 9.90 Å². The van der Waals surface area contributed by atoms with Gasteiger partial charge in [-0.2, -0.15) is 0 Å². The van der Waals surface area contributed by atoms with Crippen molar-refractivity contribution in [2.75, 3.05) is 6.54 Å². The zero-order chi connectivity index (χ0) is 13.5. The van der Waals surface area contributed by atoms with Crippen LogP contribution in [-0.2, 0) is 11.2 Å². The molecule has 1 atom stereocenters. The molecule has 3 nitrogen and oxygen atoms in total. The van der Waals surface area contributed by atoms with Crippen LogP contribution < -0.4 is 5.32 Å². The van der Waals surface area contributed by atoms with E-state index >= 15 is 0 Å². The molecule has 2 N–H and O–H groups in total. The van der Waals surface area contributed by atoms with Gasteiger partial charge in [0.05, 0.1) is 12.5 Å². The summed E-state index contributed by atoms with van der Waals surface area (Å²) in [7, 11) is 0. The Morgan fingerprint density at radius 3 is 2.50 bits per heavy atom. The third kappa shape index (κ3) is 6.17. The first-order valence-corrected chi connectivity index (χ1v) is 6.96. The number of hydrogen-bond acceptors (Lipinski definition) is 2. The third-order valence-electron chi connectivity index (χ3n) is 2.56. The number of hydrogen-bond donors (Lipinski definition) is 2. The second-order valence-electron chi connectivity index (χ2n) is 4.89. The molecule has 1 unspecified atom stereocenters. The van der Waals surface area contributed by atoms with Crippen molar-refractivity contribution in [3.05, 3.63) is 34.3 Å². The highest BCUT2D eigenvalue weighted by Gasteiger charge is 2.09. The van der Waals surface area contributed by atoms with Crippen LogP contribution in [0, 0.1) is 5.92 Å². The average molecular weight is 314 g/mol. The van der Waals surface area contributed by atoms with E-state index in [4.69, 9.17) is 0 Å². The predicted molar refractivity (Wildman–Crippen MR) is 76.3 cm³/mol. The predicted octanol–water partition coefficient (Wildman–Crippen LogP) is 2.51. The van der Waals surface area contributed by atoms with Gasteiger partial charge < -0.3 is 10.4 Å². The topological polar surface area (TPSA) is 49.3 Å². The molecule has 0 radical (unpaired) electrons. The minimum absolute atomic E-state index is 0.0554. The second-order valence-corrected chi connectivity index (χ2v) is 5.81. The maximum atomic E-state index is 11.7. The first-order chi connectivity index (χ1) is 8.47. The lowest BCUT2D eigenvalue weighted by Gasteiger charge is -2.13. The molecule has 100 valence electrons. The highest BCUT2D eigenvalue weighted by molar-refractivity contribution is 9.10. The minimum Gasteiger partial charge on any atom is -0.391 e. The first kappa shape index (κ1) is 15.2. The van der Waals surface area contributed by atoms with Crippen LogP contribution in [0.25, 0.3) is 0 Å². The molecule has 18 heavy (non-hydrogen) atoms. The van der Waals surface area contributed by atoms with Crippen LogP contribution in [0.15, 0.2) is 28.7 Å². The molecule has 0 aliphatic carbocycles. The number of benzene rings is 1.